The van der Waals surface area contributed by atoms with Gasteiger partial charge in [0.15, 0.2) is 0 Å². The van der Waals surface area contributed by atoms with Gasteiger partial charge >= 0.3 is 7.12 Å². The fraction of sp³-hybridized carbons (Fsp3) is 0.455. The summed E-state index contributed by atoms with van der Waals surface area (Å²) >= 11 is 0. The van der Waals surface area contributed by atoms with Crippen LogP contribution in [0.5, 0.6) is 0 Å². The first-order valence-electron chi connectivity index (χ1n) is 5.31. The van der Waals surface area contributed by atoms with Crippen molar-refractivity contribution in [2.45, 2.75) is 20.8 Å². The molecule has 0 atom stereocenters. The number of aryl methyl sites for hydroxylation is 1. The van der Waals surface area contributed by atoms with Crippen molar-refractivity contribution >= 4 is 18.3 Å². The summed E-state index contributed by atoms with van der Waals surface area (Å²) in [5.41, 5.74) is 2.61. The van der Waals surface area contributed by atoms with E-state index in [9.17, 15) is 0 Å². The smallest absolute Gasteiger partial charge is 0.423 e. The largest absolute Gasteiger partial charge is 0.488 e. The highest BCUT2D eigenvalue weighted by atomic mass is 16.4. The molecule has 15 heavy (non-hydrogen) atoms. The normalized spacial score (nSPS) is 10.2. The van der Waals surface area contributed by atoms with Gasteiger partial charge in [-0.3, -0.25) is 0 Å². The predicted molar refractivity (Wildman–Crippen MR) is 64.6 cm³/mol. The molecule has 0 aliphatic heterocycles. The lowest BCUT2D eigenvalue weighted by Gasteiger charge is -2.22. The lowest BCUT2D eigenvalue weighted by atomic mass is 9.77. The van der Waals surface area contributed by atoms with Gasteiger partial charge in [0.1, 0.15) is 0 Å². The Hall–Kier alpha value is -0.995. The molecule has 0 saturated carbocycles. The molecule has 0 fully saturated rings. The molecule has 1 aromatic rings. The molecular formula is C11H18BNO2. The molecule has 3 nitrogen and oxygen atoms in total. The first-order chi connectivity index (χ1) is 7.10. The Bertz CT molecular complexity index is 324. The minimum atomic E-state index is -1.38. The average molecular weight is 207 g/mol. The number of anilines is 1. The molecule has 4 heteroatoms. The summed E-state index contributed by atoms with van der Waals surface area (Å²) in [5.74, 6) is 0. The van der Waals surface area contributed by atoms with E-state index in [0.717, 1.165) is 24.3 Å². The van der Waals surface area contributed by atoms with Crippen molar-refractivity contribution in [3.05, 3.63) is 23.8 Å². The predicted octanol–water partition coefficient (Wildman–Crippen LogP) is 0.521. The monoisotopic (exact) mass is 207 g/mol. The summed E-state index contributed by atoms with van der Waals surface area (Å²) in [6, 6.07) is 5.68. The summed E-state index contributed by atoms with van der Waals surface area (Å²) < 4.78 is 0. The van der Waals surface area contributed by atoms with E-state index >= 15 is 0 Å². The highest BCUT2D eigenvalue weighted by Crippen LogP contribution is 2.14. The van der Waals surface area contributed by atoms with Crippen LogP contribution in [0.25, 0.3) is 0 Å². The van der Waals surface area contributed by atoms with Crippen LogP contribution in [0.1, 0.15) is 19.4 Å². The molecule has 0 saturated heterocycles. The first-order valence-corrected chi connectivity index (χ1v) is 5.31. The molecule has 0 aromatic heterocycles. The zero-order valence-corrected chi connectivity index (χ0v) is 9.57. The molecule has 0 amide bonds. The van der Waals surface area contributed by atoms with E-state index in [1.807, 2.05) is 19.1 Å². The lowest BCUT2D eigenvalue weighted by Crippen LogP contribution is -2.32. The van der Waals surface area contributed by atoms with E-state index in [2.05, 4.69) is 18.7 Å². The van der Waals surface area contributed by atoms with E-state index in [0.29, 0.717) is 5.46 Å². The average Bonchev–Trinajstić information content (AvgIpc) is 2.19. The van der Waals surface area contributed by atoms with E-state index in [-0.39, 0.29) is 0 Å². The second-order valence-corrected chi connectivity index (χ2v) is 3.59. The molecule has 0 unspecified atom stereocenters. The molecule has 1 rings (SSSR count). The van der Waals surface area contributed by atoms with Crippen LogP contribution in [0.4, 0.5) is 5.69 Å². The van der Waals surface area contributed by atoms with Gasteiger partial charge in [-0.15, -0.1) is 0 Å². The van der Waals surface area contributed by atoms with Crippen molar-refractivity contribution in [3.8, 4) is 0 Å². The first kappa shape index (κ1) is 12.1. The van der Waals surface area contributed by atoms with Crippen LogP contribution in [0.3, 0.4) is 0 Å². The molecule has 0 radical (unpaired) electrons. The summed E-state index contributed by atoms with van der Waals surface area (Å²) in [4.78, 5) is 2.22. The van der Waals surface area contributed by atoms with Gasteiger partial charge in [-0.25, -0.2) is 0 Å². The SMILES string of the molecule is CCN(CC)c1ccc(B(O)O)c(C)c1. The zero-order valence-electron chi connectivity index (χ0n) is 9.57. The van der Waals surface area contributed by atoms with Crippen molar-refractivity contribution in [1.82, 2.24) is 0 Å². The summed E-state index contributed by atoms with van der Waals surface area (Å²) in [6.07, 6.45) is 0. The maximum Gasteiger partial charge on any atom is 0.488 e. The molecule has 0 bridgehead atoms. The third kappa shape index (κ3) is 2.73. The number of hydrogen-bond donors (Lipinski definition) is 2. The quantitative estimate of drug-likeness (QED) is 0.707. The van der Waals surface area contributed by atoms with Crippen molar-refractivity contribution < 1.29 is 10.0 Å². The van der Waals surface area contributed by atoms with Crippen molar-refractivity contribution in [3.63, 3.8) is 0 Å². The molecule has 0 heterocycles. The van der Waals surface area contributed by atoms with Gasteiger partial charge in [-0.05, 0) is 43.9 Å². The number of hydrogen-bond acceptors (Lipinski definition) is 3. The third-order valence-corrected chi connectivity index (χ3v) is 2.66. The Morgan fingerprint density at radius 3 is 2.20 bits per heavy atom. The molecule has 82 valence electrons. The second-order valence-electron chi connectivity index (χ2n) is 3.59. The van der Waals surface area contributed by atoms with E-state index in [1.165, 1.54) is 0 Å². The molecule has 0 aliphatic carbocycles. The van der Waals surface area contributed by atoms with Crippen molar-refractivity contribution in [2.24, 2.45) is 0 Å². The Morgan fingerprint density at radius 2 is 1.80 bits per heavy atom. The molecule has 0 spiro atoms. The molecule has 1 aromatic carbocycles. The third-order valence-electron chi connectivity index (χ3n) is 2.66. The Kier molecular flexibility index (Phi) is 4.18. The van der Waals surface area contributed by atoms with E-state index in [1.54, 1.807) is 6.07 Å². The van der Waals surface area contributed by atoms with Crippen molar-refractivity contribution in [1.29, 1.82) is 0 Å². The van der Waals surface area contributed by atoms with Crippen molar-refractivity contribution in [2.75, 3.05) is 18.0 Å². The Labute approximate surface area is 91.5 Å². The van der Waals surface area contributed by atoms with Crippen LogP contribution in [-0.4, -0.2) is 30.3 Å². The number of rotatable bonds is 4. The molecule has 0 aliphatic rings. The van der Waals surface area contributed by atoms with Gasteiger partial charge in [0.2, 0.25) is 0 Å². The Balaban J connectivity index is 3.00. The summed E-state index contributed by atoms with van der Waals surface area (Å²) in [5, 5.41) is 18.2. The fourth-order valence-corrected chi connectivity index (χ4v) is 1.74. The number of benzene rings is 1. The number of nitrogens with zero attached hydrogens (tertiary/aromatic N) is 1. The summed E-state index contributed by atoms with van der Waals surface area (Å²) in [6.45, 7) is 8.01. The Morgan fingerprint density at radius 1 is 1.20 bits per heavy atom. The highest BCUT2D eigenvalue weighted by molar-refractivity contribution is 6.59. The topological polar surface area (TPSA) is 43.7 Å². The maximum atomic E-state index is 9.09. The molecular weight excluding hydrogens is 189 g/mol. The van der Waals surface area contributed by atoms with Crippen LogP contribution in [0.15, 0.2) is 18.2 Å². The lowest BCUT2D eigenvalue weighted by molar-refractivity contribution is 0.425. The standard InChI is InChI=1S/C11H18BNO2/c1-4-13(5-2)10-6-7-11(12(14)15)9(3)8-10/h6-8,14-15H,4-5H2,1-3H3. The minimum absolute atomic E-state index is 0.575. The minimum Gasteiger partial charge on any atom is -0.423 e. The van der Waals surface area contributed by atoms with Gasteiger partial charge < -0.3 is 14.9 Å². The fourth-order valence-electron chi connectivity index (χ4n) is 1.74. The summed E-state index contributed by atoms with van der Waals surface area (Å²) in [7, 11) is -1.38. The van der Waals surface area contributed by atoms with Crippen LogP contribution in [0, 0.1) is 6.92 Å². The second kappa shape index (κ2) is 5.19. The van der Waals surface area contributed by atoms with Gasteiger partial charge in [-0.2, -0.15) is 0 Å². The molecule has 2 N–H and O–H groups in total. The van der Waals surface area contributed by atoms with E-state index in [4.69, 9.17) is 10.0 Å². The van der Waals surface area contributed by atoms with Gasteiger partial charge in [0.25, 0.3) is 0 Å². The van der Waals surface area contributed by atoms with Crippen LogP contribution in [-0.2, 0) is 0 Å². The van der Waals surface area contributed by atoms with Crippen LogP contribution >= 0.6 is 0 Å². The van der Waals surface area contributed by atoms with Gasteiger partial charge in [0.05, 0.1) is 0 Å². The van der Waals surface area contributed by atoms with Gasteiger partial charge in [0, 0.05) is 18.8 Å². The highest BCUT2D eigenvalue weighted by Gasteiger charge is 2.14. The maximum absolute atomic E-state index is 9.09. The van der Waals surface area contributed by atoms with Crippen LogP contribution < -0.4 is 10.4 Å². The zero-order chi connectivity index (χ0) is 11.4. The van der Waals surface area contributed by atoms with E-state index < -0.39 is 7.12 Å². The van der Waals surface area contributed by atoms with Crippen LogP contribution in [0.2, 0.25) is 0 Å². The van der Waals surface area contributed by atoms with Gasteiger partial charge in [-0.1, -0.05) is 6.07 Å².